The first-order chi connectivity index (χ1) is 15.0. The smallest absolute Gasteiger partial charge is 0.259 e. The van der Waals surface area contributed by atoms with Crippen LogP contribution in [0.25, 0.3) is 10.2 Å². The minimum atomic E-state index is -0.720. The minimum Gasteiger partial charge on any atom is -0.336 e. The number of carbonyl (C=O) groups excluding carboxylic acids is 1. The van der Waals surface area contributed by atoms with Gasteiger partial charge in [-0.15, -0.1) is 11.3 Å². The van der Waals surface area contributed by atoms with Gasteiger partial charge in [0.15, 0.2) is 0 Å². The average Bonchev–Trinajstić information content (AvgIpc) is 3.14. The van der Waals surface area contributed by atoms with E-state index in [4.69, 9.17) is 4.98 Å². The molecule has 1 aliphatic carbocycles. The molecule has 1 aliphatic heterocycles. The Morgan fingerprint density at radius 3 is 2.71 bits per heavy atom. The zero-order chi connectivity index (χ0) is 21.5. The van der Waals surface area contributed by atoms with Crippen molar-refractivity contribution in [2.24, 2.45) is 0 Å². The largest absolute Gasteiger partial charge is 0.336 e. The van der Waals surface area contributed by atoms with E-state index < -0.39 is 17.5 Å². The van der Waals surface area contributed by atoms with Crippen LogP contribution in [0, 0.1) is 11.6 Å². The Hall–Kier alpha value is -2.65. The molecule has 162 valence electrons. The molecule has 2 aromatic heterocycles. The number of carbonyl (C=O) groups is 1. The van der Waals surface area contributed by atoms with Gasteiger partial charge in [-0.25, -0.2) is 13.8 Å². The van der Waals surface area contributed by atoms with Gasteiger partial charge in [0.05, 0.1) is 17.5 Å². The summed E-state index contributed by atoms with van der Waals surface area (Å²) in [5.74, 6) is -1.24. The molecule has 0 atom stereocenters. The normalized spacial score (nSPS) is 17.2. The Labute approximate surface area is 181 Å². The Balaban J connectivity index is 1.27. The van der Waals surface area contributed by atoms with Crippen LogP contribution >= 0.6 is 11.3 Å². The van der Waals surface area contributed by atoms with Gasteiger partial charge >= 0.3 is 0 Å². The standard InChI is InChI=1S/C22H22F2N4O2S/c23-13-5-6-16(24)15(11-13)22(30)28-9-7-27(8-10-28)12-18-25-20(29)19-14-3-1-2-4-17(14)31-21(19)26-18/h5-6,11H,1-4,7-10,12H2,(H,25,26,29). The first kappa shape index (κ1) is 20.3. The van der Waals surface area contributed by atoms with Crippen LogP contribution in [0.4, 0.5) is 8.78 Å². The first-order valence-corrected chi connectivity index (χ1v) is 11.3. The maximum absolute atomic E-state index is 13.9. The number of piperazine rings is 1. The van der Waals surface area contributed by atoms with Gasteiger partial charge < -0.3 is 9.88 Å². The minimum absolute atomic E-state index is 0.0743. The lowest BCUT2D eigenvalue weighted by atomic mass is 9.97. The van der Waals surface area contributed by atoms with Crippen molar-refractivity contribution in [3.63, 3.8) is 0 Å². The van der Waals surface area contributed by atoms with Gasteiger partial charge in [0.2, 0.25) is 0 Å². The highest BCUT2D eigenvalue weighted by molar-refractivity contribution is 7.18. The van der Waals surface area contributed by atoms with Crippen LogP contribution in [0.5, 0.6) is 0 Å². The predicted octanol–water partition coefficient (Wildman–Crippen LogP) is 3.10. The quantitative estimate of drug-likeness (QED) is 0.674. The lowest BCUT2D eigenvalue weighted by Crippen LogP contribution is -2.48. The number of halogens is 2. The second-order valence-corrected chi connectivity index (χ2v) is 9.18. The third-order valence-corrected chi connectivity index (χ3v) is 7.25. The van der Waals surface area contributed by atoms with Crippen molar-refractivity contribution >= 4 is 27.5 Å². The topological polar surface area (TPSA) is 69.3 Å². The van der Waals surface area contributed by atoms with Gasteiger partial charge in [0, 0.05) is 31.1 Å². The number of H-pyrrole nitrogens is 1. The Bertz CT molecular complexity index is 1210. The van der Waals surface area contributed by atoms with Crippen LogP contribution in [-0.2, 0) is 19.4 Å². The van der Waals surface area contributed by atoms with Crippen LogP contribution in [0.15, 0.2) is 23.0 Å². The van der Waals surface area contributed by atoms with Crippen LogP contribution in [0.1, 0.15) is 39.5 Å². The average molecular weight is 445 g/mol. The summed E-state index contributed by atoms with van der Waals surface area (Å²) in [7, 11) is 0. The number of benzene rings is 1. The summed E-state index contributed by atoms with van der Waals surface area (Å²) in [6, 6.07) is 2.91. The molecule has 2 aliphatic rings. The molecule has 1 aromatic carbocycles. The molecule has 9 heteroatoms. The molecule has 1 amide bonds. The molecular weight excluding hydrogens is 422 g/mol. The van der Waals surface area contributed by atoms with Crippen molar-refractivity contribution < 1.29 is 13.6 Å². The molecule has 1 fully saturated rings. The second-order valence-electron chi connectivity index (χ2n) is 8.10. The number of hydrogen-bond donors (Lipinski definition) is 1. The fourth-order valence-electron chi connectivity index (χ4n) is 4.44. The third kappa shape index (κ3) is 3.87. The van der Waals surface area contributed by atoms with Gasteiger partial charge in [-0.05, 0) is 49.4 Å². The fraction of sp³-hybridized carbons (Fsp3) is 0.409. The number of hydrogen-bond acceptors (Lipinski definition) is 5. The maximum Gasteiger partial charge on any atom is 0.259 e. The van der Waals surface area contributed by atoms with Crippen molar-refractivity contribution in [2.75, 3.05) is 26.2 Å². The lowest BCUT2D eigenvalue weighted by molar-refractivity contribution is 0.0620. The molecule has 0 saturated carbocycles. The molecule has 1 N–H and O–H groups in total. The van der Waals surface area contributed by atoms with E-state index in [9.17, 15) is 18.4 Å². The molecule has 0 unspecified atom stereocenters. The molecule has 0 bridgehead atoms. The van der Waals surface area contributed by atoms with Crippen LogP contribution in [-0.4, -0.2) is 51.9 Å². The highest BCUT2D eigenvalue weighted by Gasteiger charge is 2.25. The fourth-order valence-corrected chi connectivity index (χ4v) is 5.72. The number of aromatic nitrogens is 2. The molecule has 3 aromatic rings. The van der Waals surface area contributed by atoms with Gasteiger partial charge in [-0.2, -0.15) is 0 Å². The summed E-state index contributed by atoms with van der Waals surface area (Å²) >= 11 is 1.63. The van der Waals surface area contributed by atoms with Crippen LogP contribution in [0.2, 0.25) is 0 Å². The highest BCUT2D eigenvalue weighted by Crippen LogP contribution is 2.33. The molecule has 1 saturated heterocycles. The van der Waals surface area contributed by atoms with E-state index in [-0.39, 0.29) is 11.1 Å². The molecule has 31 heavy (non-hydrogen) atoms. The van der Waals surface area contributed by atoms with E-state index in [1.165, 1.54) is 15.3 Å². The zero-order valence-electron chi connectivity index (χ0n) is 16.9. The molecule has 6 nitrogen and oxygen atoms in total. The zero-order valence-corrected chi connectivity index (χ0v) is 17.7. The summed E-state index contributed by atoms with van der Waals surface area (Å²) in [6.45, 7) is 2.39. The van der Waals surface area contributed by atoms with E-state index in [0.717, 1.165) is 54.1 Å². The number of amides is 1. The van der Waals surface area contributed by atoms with E-state index in [1.807, 2.05) is 0 Å². The summed E-state index contributed by atoms with van der Waals surface area (Å²) in [5, 5.41) is 0.746. The summed E-state index contributed by atoms with van der Waals surface area (Å²) in [5.41, 5.74) is 0.851. The summed E-state index contributed by atoms with van der Waals surface area (Å²) in [6.07, 6.45) is 4.24. The Kier molecular flexibility index (Phi) is 5.31. The van der Waals surface area contributed by atoms with Crippen LogP contribution < -0.4 is 5.56 Å². The molecule has 0 radical (unpaired) electrons. The molecule has 3 heterocycles. The number of fused-ring (bicyclic) bond motifs is 3. The van der Waals surface area contributed by atoms with Crippen molar-refractivity contribution in [3.8, 4) is 0 Å². The monoisotopic (exact) mass is 444 g/mol. The van der Waals surface area contributed by atoms with Crippen molar-refractivity contribution in [2.45, 2.75) is 32.2 Å². The summed E-state index contributed by atoms with van der Waals surface area (Å²) in [4.78, 5) is 38.6. The van der Waals surface area contributed by atoms with Gasteiger partial charge in [-0.3, -0.25) is 14.5 Å². The predicted molar refractivity (Wildman–Crippen MR) is 114 cm³/mol. The first-order valence-electron chi connectivity index (χ1n) is 10.5. The molecular formula is C22H22F2N4O2S. The number of nitrogens with zero attached hydrogens (tertiary/aromatic N) is 3. The Morgan fingerprint density at radius 1 is 1.13 bits per heavy atom. The SMILES string of the molecule is O=C(c1cc(F)ccc1F)N1CCN(Cc2nc3sc4c(c3c(=O)[nH]2)CCCC4)CC1. The molecule has 5 rings (SSSR count). The number of aromatic amines is 1. The van der Waals surface area contributed by atoms with E-state index in [2.05, 4.69) is 9.88 Å². The van der Waals surface area contributed by atoms with Crippen molar-refractivity contribution in [1.82, 2.24) is 19.8 Å². The number of thiophene rings is 1. The van der Waals surface area contributed by atoms with Crippen molar-refractivity contribution in [1.29, 1.82) is 0 Å². The van der Waals surface area contributed by atoms with E-state index in [1.54, 1.807) is 11.3 Å². The number of rotatable bonds is 3. The van der Waals surface area contributed by atoms with Crippen LogP contribution in [0.3, 0.4) is 0 Å². The van der Waals surface area contributed by atoms with Gasteiger partial charge in [0.1, 0.15) is 22.3 Å². The summed E-state index contributed by atoms with van der Waals surface area (Å²) < 4.78 is 27.3. The van der Waals surface area contributed by atoms with Crippen molar-refractivity contribution in [3.05, 3.63) is 62.0 Å². The Morgan fingerprint density at radius 2 is 1.90 bits per heavy atom. The second kappa shape index (κ2) is 8.12. The van der Waals surface area contributed by atoms with Gasteiger partial charge in [-0.1, -0.05) is 0 Å². The number of aryl methyl sites for hydroxylation is 2. The van der Waals surface area contributed by atoms with E-state index in [0.29, 0.717) is 38.5 Å². The number of nitrogens with one attached hydrogen (secondary N) is 1. The highest BCUT2D eigenvalue weighted by atomic mass is 32.1. The van der Waals surface area contributed by atoms with E-state index >= 15 is 0 Å². The maximum atomic E-state index is 13.9. The van der Waals surface area contributed by atoms with Gasteiger partial charge in [0.25, 0.3) is 11.5 Å². The molecule has 0 spiro atoms. The third-order valence-electron chi connectivity index (χ3n) is 6.07. The lowest BCUT2D eigenvalue weighted by Gasteiger charge is -2.34.